The van der Waals surface area contributed by atoms with Crippen LogP contribution >= 0.6 is 11.6 Å². The fourth-order valence-electron chi connectivity index (χ4n) is 2.38. The summed E-state index contributed by atoms with van der Waals surface area (Å²) in [6.45, 7) is 11.0. The molecule has 3 nitrogen and oxygen atoms in total. The molecule has 1 atom stereocenters. The lowest BCUT2D eigenvalue weighted by atomic mass is 9.97. The molecule has 0 aliphatic heterocycles. The highest BCUT2D eigenvalue weighted by Gasteiger charge is 2.26. The van der Waals surface area contributed by atoms with E-state index in [9.17, 15) is 0 Å². The number of nitrogens with zero attached hydrogens (tertiary/aromatic N) is 3. The Balaban J connectivity index is 3.10. The van der Waals surface area contributed by atoms with Crippen LogP contribution in [0.1, 0.15) is 77.9 Å². The number of hydrogen-bond acceptors (Lipinski definition) is 2. The molecule has 1 aromatic rings. The average molecular weight is 272 g/mol. The van der Waals surface area contributed by atoms with E-state index in [1.807, 2.05) is 0 Å². The zero-order chi connectivity index (χ0) is 13.8. The lowest BCUT2D eigenvalue weighted by molar-refractivity contribution is 0.356. The molecular weight excluding hydrogens is 246 g/mol. The lowest BCUT2D eigenvalue weighted by Gasteiger charge is -2.27. The molecule has 0 bridgehead atoms. The molecule has 0 radical (unpaired) electrons. The first-order valence-corrected chi connectivity index (χ1v) is 7.49. The fraction of sp³-hybridized carbons (Fsp3) is 0.857. The lowest BCUT2D eigenvalue weighted by Crippen LogP contribution is -2.27. The van der Waals surface area contributed by atoms with Gasteiger partial charge >= 0.3 is 0 Å². The van der Waals surface area contributed by atoms with Gasteiger partial charge < -0.3 is 4.57 Å². The number of alkyl halides is 1. The maximum atomic E-state index is 5.98. The van der Waals surface area contributed by atoms with E-state index in [0.29, 0.717) is 11.8 Å². The molecule has 104 valence electrons. The van der Waals surface area contributed by atoms with Crippen LogP contribution in [0, 0.1) is 0 Å². The molecule has 1 aromatic heterocycles. The van der Waals surface area contributed by atoms with Gasteiger partial charge in [0.1, 0.15) is 11.6 Å². The first kappa shape index (κ1) is 15.5. The Bertz CT molecular complexity index is 366. The zero-order valence-corrected chi connectivity index (χ0v) is 13.1. The molecular formula is C14H26ClN3. The van der Waals surface area contributed by atoms with Crippen molar-refractivity contribution in [3.63, 3.8) is 0 Å². The Morgan fingerprint density at radius 3 is 2.33 bits per heavy atom. The van der Waals surface area contributed by atoms with Crippen molar-refractivity contribution in [2.75, 3.05) is 0 Å². The summed E-state index contributed by atoms with van der Waals surface area (Å²) in [5.74, 6) is 2.91. The van der Waals surface area contributed by atoms with E-state index in [1.54, 1.807) is 0 Å². The highest BCUT2D eigenvalue weighted by Crippen LogP contribution is 2.29. The van der Waals surface area contributed by atoms with Gasteiger partial charge in [0.15, 0.2) is 0 Å². The third-order valence-electron chi connectivity index (χ3n) is 3.31. The van der Waals surface area contributed by atoms with Crippen molar-refractivity contribution in [1.29, 1.82) is 0 Å². The number of aromatic nitrogens is 3. The highest BCUT2D eigenvalue weighted by atomic mass is 35.5. The van der Waals surface area contributed by atoms with Crippen LogP contribution in [-0.2, 0) is 11.4 Å². The quantitative estimate of drug-likeness (QED) is 0.716. The molecule has 0 fully saturated rings. The average Bonchev–Trinajstić information content (AvgIpc) is 2.73. The van der Waals surface area contributed by atoms with Crippen LogP contribution in [0.3, 0.4) is 0 Å². The summed E-state index contributed by atoms with van der Waals surface area (Å²) in [6.07, 6.45) is 4.76. The van der Waals surface area contributed by atoms with Gasteiger partial charge in [-0.1, -0.05) is 26.7 Å². The van der Waals surface area contributed by atoms with E-state index in [0.717, 1.165) is 18.1 Å². The Kier molecular flexibility index (Phi) is 5.64. The molecule has 4 heteroatoms. The van der Waals surface area contributed by atoms with Crippen molar-refractivity contribution in [1.82, 2.24) is 14.8 Å². The maximum absolute atomic E-state index is 5.98. The minimum Gasteiger partial charge on any atom is -0.308 e. The monoisotopic (exact) mass is 271 g/mol. The SMILES string of the molecule is CCCCC(CC)c1nnc(CCl)n1C(C)(C)C. The molecule has 1 rings (SSSR count). The smallest absolute Gasteiger partial charge is 0.148 e. The number of halogens is 1. The summed E-state index contributed by atoms with van der Waals surface area (Å²) in [5, 5.41) is 8.67. The minimum atomic E-state index is -0.0112. The highest BCUT2D eigenvalue weighted by molar-refractivity contribution is 6.16. The van der Waals surface area contributed by atoms with Crippen molar-refractivity contribution < 1.29 is 0 Å². The largest absolute Gasteiger partial charge is 0.308 e. The molecule has 0 aromatic carbocycles. The molecule has 0 spiro atoms. The van der Waals surface area contributed by atoms with Crippen LogP contribution in [0.2, 0.25) is 0 Å². The number of hydrogen-bond donors (Lipinski definition) is 0. The molecule has 0 aliphatic rings. The Labute approximate surface area is 116 Å². The number of unbranched alkanes of at least 4 members (excludes halogenated alkanes) is 1. The van der Waals surface area contributed by atoms with Crippen LogP contribution in [0.5, 0.6) is 0 Å². The van der Waals surface area contributed by atoms with Gasteiger partial charge in [-0.25, -0.2) is 0 Å². The predicted molar refractivity (Wildman–Crippen MR) is 77.1 cm³/mol. The van der Waals surface area contributed by atoms with E-state index >= 15 is 0 Å². The van der Waals surface area contributed by atoms with Gasteiger partial charge in [0.25, 0.3) is 0 Å². The second-order valence-corrected chi connectivity index (χ2v) is 6.13. The topological polar surface area (TPSA) is 30.7 Å². The summed E-state index contributed by atoms with van der Waals surface area (Å²) < 4.78 is 2.23. The van der Waals surface area contributed by atoms with Crippen LogP contribution in [0.4, 0.5) is 0 Å². The molecule has 0 amide bonds. The first-order chi connectivity index (χ1) is 8.45. The van der Waals surface area contributed by atoms with Crippen LogP contribution in [0.15, 0.2) is 0 Å². The van der Waals surface area contributed by atoms with Gasteiger partial charge in [-0.3, -0.25) is 0 Å². The molecule has 1 heterocycles. The molecule has 0 saturated carbocycles. The van der Waals surface area contributed by atoms with Crippen LogP contribution in [0.25, 0.3) is 0 Å². The van der Waals surface area contributed by atoms with Gasteiger partial charge in [0.2, 0.25) is 0 Å². The number of rotatable bonds is 6. The zero-order valence-electron chi connectivity index (χ0n) is 12.3. The van der Waals surface area contributed by atoms with Crippen LogP contribution in [-0.4, -0.2) is 14.8 Å². The standard InChI is InChI=1S/C14H26ClN3/c1-6-8-9-11(7-2)13-17-16-12(10-15)18(13)14(3,4)5/h11H,6-10H2,1-5H3. The summed E-state index contributed by atoms with van der Waals surface area (Å²) in [7, 11) is 0. The van der Waals surface area contributed by atoms with Crippen molar-refractivity contribution in [3.8, 4) is 0 Å². The second-order valence-electron chi connectivity index (χ2n) is 5.86. The molecule has 0 saturated heterocycles. The molecule has 18 heavy (non-hydrogen) atoms. The van der Waals surface area contributed by atoms with E-state index in [4.69, 9.17) is 11.6 Å². The summed E-state index contributed by atoms with van der Waals surface area (Å²) in [4.78, 5) is 0. The van der Waals surface area contributed by atoms with Crippen molar-refractivity contribution in [2.45, 2.75) is 77.6 Å². The van der Waals surface area contributed by atoms with E-state index in [1.165, 1.54) is 19.3 Å². The summed E-state index contributed by atoms with van der Waals surface area (Å²) >= 11 is 5.98. The van der Waals surface area contributed by atoms with Gasteiger partial charge in [-0.15, -0.1) is 21.8 Å². The van der Waals surface area contributed by atoms with Gasteiger partial charge in [-0.05, 0) is 33.6 Å². The fourth-order valence-corrected chi connectivity index (χ4v) is 2.55. The van der Waals surface area contributed by atoms with E-state index in [-0.39, 0.29) is 5.54 Å². The Morgan fingerprint density at radius 2 is 1.89 bits per heavy atom. The summed E-state index contributed by atoms with van der Waals surface area (Å²) in [6, 6.07) is 0. The summed E-state index contributed by atoms with van der Waals surface area (Å²) in [5.41, 5.74) is -0.0112. The Morgan fingerprint density at radius 1 is 1.22 bits per heavy atom. The van der Waals surface area contributed by atoms with Crippen molar-refractivity contribution >= 4 is 11.6 Å². The predicted octanol–water partition coefficient (Wildman–Crippen LogP) is 4.46. The van der Waals surface area contributed by atoms with Gasteiger partial charge in [0.05, 0.1) is 5.88 Å². The minimum absolute atomic E-state index is 0.0112. The molecule has 0 N–H and O–H groups in total. The van der Waals surface area contributed by atoms with Crippen LogP contribution < -0.4 is 0 Å². The molecule has 0 aliphatic carbocycles. The van der Waals surface area contributed by atoms with Crippen molar-refractivity contribution in [3.05, 3.63) is 11.6 Å². The van der Waals surface area contributed by atoms with Gasteiger partial charge in [-0.2, -0.15) is 0 Å². The van der Waals surface area contributed by atoms with E-state index < -0.39 is 0 Å². The van der Waals surface area contributed by atoms with Gasteiger partial charge in [0, 0.05) is 11.5 Å². The third-order valence-corrected chi connectivity index (χ3v) is 3.55. The van der Waals surface area contributed by atoms with Crippen molar-refractivity contribution in [2.24, 2.45) is 0 Å². The first-order valence-electron chi connectivity index (χ1n) is 6.96. The molecule has 1 unspecified atom stereocenters. The normalized spacial score (nSPS) is 13.9. The maximum Gasteiger partial charge on any atom is 0.148 e. The second kappa shape index (κ2) is 6.55. The Hall–Kier alpha value is -0.570. The van der Waals surface area contributed by atoms with E-state index in [2.05, 4.69) is 49.4 Å². The third kappa shape index (κ3) is 3.47.